The van der Waals surface area contributed by atoms with Gasteiger partial charge in [0.15, 0.2) is 0 Å². The van der Waals surface area contributed by atoms with E-state index in [2.05, 4.69) is 35.2 Å². The predicted molar refractivity (Wildman–Crippen MR) is 126 cm³/mol. The van der Waals surface area contributed by atoms with Crippen LogP contribution in [0.5, 0.6) is 5.75 Å². The zero-order valence-electron chi connectivity index (χ0n) is 18.7. The first-order valence-corrected chi connectivity index (χ1v) is 12.7. The molecule has 0 saturated carbocycles. The first kappa shape index (κ1) is 23.0. The first-order valence-electron chi connectivity index (χ1n) is 11.2. The molecule has 2 saturated heterocycles. The van der Waals surface area contributed by atoms with E-state index in [1.807, 2.05) is 13.0 Å². The van der Waals surface area contributed by atoms with Gasteiger partial charge in [0.25, 0.3) is 0 Å². The van der Waals surface area contributed by atoms with Crippen molar-refractivity contribution in [1.29, 1.82) is 0 Å². The SMILES string of the molecule is CC=Cc1ccc([C@H]2[C@H](CO)N3CCCCN(S(=O)(=O)c4ccc(OC)cc4)C[C@@H]23)cc1. The fraction of sp³-hybridized carbons (Fsp3) is 0.440. The Balaban J connectivity index is 1.61. The summed E-state index contributed by atoms with van der Waals surface area (Å²) in [5.41, 5.74) is 2.29. The molecular weight excluding hydrogens is 424 g/mol. The van der Waals surface area contributed by atoms with E-state index in [9.17, 15) is 13.5 Å². The number of aliphatic hydroxyl groups excluding tert-OH is 1. The van der Waals surface area contributed by atoms with E-state index in [1.165, 1.54) is 0 Å². The van der Waals surface area contributed by atoms with Gasteiger partial charge in [0, 0.05) is 31.1 Å². The topological polar surface area (TPSA) is 70.1 Å². The zero-order chi connectivity index (χ0) is 22.7. The maximum atomic E-state index is 13.4. The summed E-state index contributed by atoms with van der Waals surface area (Å²) in [7, 11) is -2.05. The molecule has 2 fully saturated rings. The number of hydrogen-bond donors (Lipinski definition) is 1. The van der Waals surface area contributed by atoms with Gasteiger partial charge in [-0.15, -0.1) is 0 Å². The molecule has 0 aromatic heterocycles. The lowest BCUT2D eigenvalue weighted by atomic mass is 9.74. The normalized spacial score (nSPS) is 25.0. The van der Waals surface area contributed by atoms with Crippen LogP contribution in [0.3, 0.4) is 0 Å². The second-order valence-electron chi connectivity index (χ2n) is 8.49. The molecule has 2 aliphatic heterocycles. The number of nitrogens with zero attached hydrogens (tertiary/aromatic N) is 2. The van der Waals surface area contributed by atoms with Crippen molar-refractivity contribution in [2.75, 3.05) is 33.4 Å². The number of fused-ring (bicyclic) bond motifs is 1. The maximum absolute atomic E-state index is 13.4. The quantitative estimate of drug-likeness (QED) is 0.722. The molecule has 0 amide bonds. The van der Waals surface area contributed by atoms with Gasteiger partial charge < -0.3 is 9.84 Å². The van der Waals surface area contributed by atoms with Crippen LogP contribution in [-0.2, 0) is 10.0 Å². The third kappa shape index (κ3) is 4.35. The van der Waals surface area contributed by atoms with Crippen LogP contribution >= 0.6 is 0 Å². The summed E-state index contributed by atoms with van der Waals surface area (Å²) in [5, 5.41) is 10.1. The highest BCUT2D eigenvalue weighted by molar-refractivity contribution is 7.89. The molecule has 2 heterocycles. The lowest BCUT2D eigenvalue weighted by Crippen LogP contribution is -2.67. The van der Waals surface area contributed by atoms with Crippen molar-refractivity contribution >= 4 is 16.1 Å². The lowest BCUT2D eigenvalue weighted by molar-refractivity contribution is -0.0553. The molecule has 0 spiro atoms. The van der Waals surface area contributed by atoms with Crippen LogP contribution in [0.2, 0.25) is 0 Å². The Hall–Kier alpha value is -2.19. The van der Waals surface area contributed by atoms with Crippen molar-refractivity contribution in [1.82, 2.24) is 9.21 Å². The molecule has 32 heavy (non-hydrogen) atoms. The predicted octanol–water partition coefficient (Wildman–Crippen LogP) is 3.34. The van der Waals surface area contributed by atoms with Crippen molar-refractivity contribution < 1.29 is 18.3 Å². The standard InChI is InChI=1S/C25H32N2O4S/c1-3-6-19-7-9-20(10-8-19)25-23-17-26(15-4-5-16-27(23)24(25)18-28)32(29,30)22-13-11-21(31-2)12-14-22/h3,6-14,23-25,28H,4-5,15-18H2,1-2H3/t23-,24-,25+/m0/s1. The molecule has 7 heteroatoms. The number of ether oxygens (including phenoxy) is 1. The second kappa shape index (κ2) is 9.75. The number of benzene rings is 2. The van der Waals surface area contributed by atoms with Gasteiger partial charge in [-0.05, 0) is 61.7 Å². The lowest BCUT2D eigenvalue weighted by Gasteiger charge is -2.57. The summed E-state index contributed by atoms with van der Waals surface area (Å²) < 4.78 is 33.7. The molecule has 3 atom stereocenters. The molecular formula is C25H32N2O4S. The number of hydrogen-bond acceptors (Lipinski definition) is 5. The third-order valence-electron chi connectivity index (χ3n) is 6.71. The summed E-state index contributed by atoms with van der Waals surface area (Å²) in [5.74, 6) is 0.736. The van der Waals surface area contributed by atoms with E-state index in [-0.39, 0.29) is 29.5 Å². The molecule has 2 aromatic rings. The van der Waals surface area contributed by atoms with Gasteiger partial charge >= 0.3 is 0 Å². The van der Waals surface area contributed by atoms with E-state index >= 15 is 0 Å². The Bertz CT molecular complexity index is 1030. The molecule has 2 aliphatic rings. The molecule has 0 radical (unpaired) electrons. The molecule has 0 aliphatic carbocycles. The minimum Gasteiger partial charge on any atom is -0.497 e. The van der Waals surface area contributed by atoms with Crippen LogP contribution in [0.1, 0.15) is 36.8 Å². The Morgan fingerprint density at radius 1 is 1.06 bits per heavy atom. The molecule has 2 aromatic carbocycles. The van der Waals surface area contributed by atoms with Crippen LogP contribution in [0.15, 0.2) is 59.5 Å². The van der Waals surface area contributed by atoms with Crippen molar-refractivity contribution in [2.24, 2.45) is 0 Å². The van der Waals surface area contributed by atoms with Crippen LogP contribution in [0.25, 0.3) is 6.08 Å². The number of methoxy groups -OCH3 is 1. The van der Waals surface area contributed by atoms with E-state index in [4.69, 9.17) is 4.74 Å². The molecule has 0 unspecified atom stereocenters. The highest BCUT2D eigenvalue weighted by Gasteiger charge is 2.50. The average molecular weight is 457 g/mol. The summed E-state index contributed by atoms with van der Waals surface area (Å²) in [6, 6.07) is 15.1. The molecule has 0 bridgehead atoms. The van der Waals surface area contributed by atoms with Gasteiger partial charge in [0.2, 0.25) is 10.0 Å². The summed E-state index contributed by atoms with van der Waals surface area (Å²) >= 11 is 0. The minimum absolute atomic E-state index is 0.0243. The largest absolute Gasteiger partial charge is 0.497 e. The highest BCUT2D eigenvalue weighted by atomic mass is 32.2. The Morgan fingerprint density at radius 3 is 2.38 bits per heavy atom. The van der Waals surface area contributed by atoms with Crippen LogP contribution in [0.4, 0.5) is 0 Å². The van der Waals surface area contributed by atoms with Gasteiger partial charge in [-0.2, -0.15) is 4.31 Å². The van der Waals surface area contributed by atoms with Gasteiger partial charge in [0.1, 0.15) is 5.75 Å². The van der Waals surface area contributed by atoms with Crippen molar-refractivity contribution in [3.8, 4) is 5.75 Å². The average Bonchev–Trinajstić information content (AvgIpc) is 2.79. The smallest absolute Gasteiger partial charge is 0.243 e. The number of sulfonamides is 1. The fourth-order valence-corrected chi connectivity index (χ4v) is 6.54. The van der Waals surface area contributed by atoms with E-state index < -0.39 is 10.0 Å². The van der Waals surface area contributed by atoms with Gasteiger partial charge in [-0.3, -0.25) is 4.90 Å². The fourth-order valence-electron chi connectivity index (χ4n) is 5.05. The van der Waals surface area contributed by atoms with E-state index in [0.29, 0.717) is 18.8 Å². The number of aliphatic hydroxyl groups is 1. The Kier molecular flexibility index (Phi) is 7.00. The maximum Gasteiger partial charge on any atom is 0.243 e. The van der Waals surface area contributed by atoms with Gasteiger partial charge in [-0.1, -0.05) is 36.4 Å². The van der Waals surface area contributed by atoms with Gasteiger partial charge in [-0.25, -0.2) is 8.42 Å². The van der Waals surface area contributed by atoms with Crippen molar-refractivity contribution in [3.05, 3.63) is 65.7 Å². The summed E-state index contributed by atoms with van der Waals surface area (Å²) in [4.78, 5) is 2.58. The van der Waals surface area contributed by atoms with Gasteiger partial charge in [0.05, 0.1) is 18.6 Å². The second-order valence-corrected chi connectivity index (χ2v) is 10.4. The number of rotatable bonds is 6. The van der Waals surface area contributed by atoms with Crippen molar-refractivity contribution in [3.63, 3.8) is 0 Å². The minimum atomic E-state index is -3.61. The molecule has 4 rings (SSSR count). The Labute approximate surface area is 191 Å². The van der Waals surface area contributed by atoms with Crippen molar-refractivity contribution in [2.45, 2.75) is 42.7 Å². The van der Waals surface area contributed by atoms with E-state index in [1.54, 1.807) is 35.7 Å². The zero-order valence-corrected chi connectivity index (χ0v) is 19.5. The first-order chi connectivity index (χ1) is 15.5. The molecule has 172 valence electrons. The van der Waals surface area contributed by atoms with Crippen LogP contribution in [-0.4, -0.2) is 68.2 Å². The van der Waals surface area contributed by atoms with E-state index in [0.717, 1.165) is 30.5 Å². The molecule has 1 N–H and O–H groups in total. The van der Waals surface area contributed by atoms with Crippen LogP contribution in [0, 0.1) is 0 Å². The third-order valence-corrected chi connectivity index (χ3v) is 8.59. The number of allylic oxidation sites excluding steroid dienone is 1. The summed E-state index contributed by atoms with van der Waals surface area (Å²) in [6.45, 7) is 3.88. The van der Waals surface area contributed by atoms with Crippen LogP contribution < -0.4 is 4.74 Å². The highest BCUT2D eigenvalue weighted by Crippen LogP contribution is 2.42. The Morgan fingerprint density at radius 2 is 1.75 bits per heavy atom. The molecule has 6 nitrogen and oxygen atoms in total. The monoisotopic (exact) mass is 456 g/mol. The summed E-state index contributed by atoms with van der Waals surface area (Å²) in [6.07, 6.45) is 5.78.